The molecule has 5 heteroatoms. The Hall–Kier alpha value is -1.62. The van der Waals surface area contributed by atoms with Gasteiger partial charge >= 0.3 is 0 Å². The third-order valence-corrected chi connectivity index (χ3v) is 2.87. The van der Waals surface area contributed by atoms with Crippen molar-refractivity contribution in [3.05, 3.63) is 23.9 Å². The molecule has 0 aliphatic rings. The fourth-order valence-corrected chi connectivity index (χ4v) is 1.71. The van der Waals surface area contributed by atoms with Gasteiger partial charge in [0, 0.05) is 18.8 Å². The van der Waals surface area contributed by atoms with E-state index in [-0.39, 0.29) is 6.04 Å². The third kappa shape index (κ3) is 2.55. The second kappa shape index (κ2) is 4.71. The maximum absolute atomic E-state index is 5.72. The predicted molar refractivity (Wildman–Crippen MR) is 69.0 cm³/mol. The van der Waals surface area contributed by atoms with Crippen molar-refractivity contribution in [1.82, 2.24) is 14.6 Å². The van der Waals surface area contributed by atoms with Gasteiger partial charge in [0.1, 0.15) is 0 Å². The SMILES string of the molecule is Cc1ccn2nc(NC(CN)C(C)C)nc2c1. The van der Waals surface area contributed by atoms with Gasteiger partial charge in [-0.1, -0.05) is 13.8 Å². The minimum Gasteiger partial charge on any atom is -0.349 e. The number of rotatable bonds is 4. The number of hydrogen-bond donors (Lipinski definition) is 2. The summed E-state index contributed by atoms with van der Waals surface area (Å²) in [5.74, 6) is 1.09. The summed E-state index contributed by atoms with van der Waals surface area (Å²) in [6, 6.07) is 4.22. The predicted octanol–water partition coefficient (Wildman–Crippen LogP) is 1.43. The molecule has 0 aliphatic heterocycles. The molecule has 1 atom stereocenters. The molecular formula is C12H19N5. The summed E-state index contributed by atoms with van der Waals surface area (Å²) in [5, 5.41) is 7.63. The Balaban J connectivity index is 2.24. The molecule has 0 amide bonds. The molecule has 92 valence electrons. The Morgan fingerprint density at radius 2 is 2.24 bits per heavy atom. The van der Waals surface area contributed by atoms with E-state index in [0.29, 0.717) is 18.4 Å². The number of anilines is 1. The van der Waals surface area contributed by atoms with Crippen molar-refractivity contribution in [3.63, 3.8) is 0 Å². The Labute approximate surface area is 101 Å². The van der Waals surface area contributed by atoms with E-state index in [9.17, 15) is 0 Å². The molecule has 0 radical (unpaired) electrons. The number of aryl methyl sites for hydroxylation is 1. The van der Waals surface area contributed by atoms with Gasteiger partial charge in [0.05, 0.1) is 0 Å². The molecule has 0 fully saturated rings. The van der Waals surface area contributed by atoms with Crippen LogP contribution in [0.5, 0.6) is 0 Å². The number of aromatic nitrogens is 3. The van der Waals surface area contributed by atoms with E-state index in [4.69, 9.17) is 5.73 Å². The first-order chi connectivity index (χ1) is 8.10. The zero-order valence-electron chi connectivity index (χ0n) is 10.5. The lowest BCUT2D eigenvalue weighted by Crippen LogP contribution is -2.34. The van der Waals surface area contributed by atoms with Crippen LogP contribution in [0.2, 0.25) is 0 Å². The monoisotopic (exact) mass is 233 g/mol. The standard InChI is InChI=1S/C12H19N5/c1-8(2)10(7-13)14-12-15-11-6-9(3)4-5-17(11)16-12/h4-6,8,10H,7,13H2,1-3H3,(H,14,16). The first-order valence-electron chi connectivity index (χ1n) is 5.90. The number of fused-ring (bicyclic) bond motifs is 1. The highest BCUT2D eigenvalue weighted by Crippen LogP contribution is 2.11. The lowest BCUT2D eigenvalue weighted by Gasteiger charge is -2.18. The van der Waals surface area contributed by atoms with E-state index in [1.54, 1.807) is 4.52 Å². The molecule has 0 saturated heterocycles. The van der Waals surface area contributed by atoms with Gasteiger partial charge in [0.25, 0.3) is 0 Å². The van der Waals surface area contributed by atoms with Crippen LogP contribution in [0.3, 0.4) is 0 Å². The van der Waals surface area contributed by atoms with Crippen molar-refractivity contribution < 1.29 is 0 Å². The molecule has 1 unspecified atom stereocenters. The third-order valence-electron chi connectivity index (χ3n) is 2.87. The molecule has 5 nitrogen and oxygen atoms in total. The molecule has 2 heterocycles. The summed E-state index contributed by atoms with van der Waals surface area (Å²) in [4.78, 5) is 4.43. The largest absolute Gasteiger partial charge is 0.349 e. The minimum absolute atomic E-state index is 0.202. The van der Waals surface area contributed by atoms with Crippen LogP contribution < -0.4 is 11.1 Å². The summed E-state index contributed by atoms with van der Waals surface area (Å²) < 4.78 is 1.77. The zero-order valence-corrected chi connectivity index (χ0v) is 10.5. The van der Waals surface area contributed by atoms with Gasteiger partial charge in [-0.2, -0.15) is 4.98 Å². The average molecular weight is 233 g/mol. The average Bonchev–Trinajstić information content (AvgIpc) is 2.66. The smallest absolute Gasteiger partial charge is 0.243 e. The number of nitrogens with two attached hydrogens (primary N) is 1. The lowest BCUT2D eigenvalue weighted by molar-refractivity contribution is 0.528. The number of nitrogens with one attached hydrogen (secondary N) is 1. The molecule has 0 aromatic carbocycles. The van der Waals surface area contributed by atoms with Crippen LogP contribution in [0.15, 0.2) is 18.3 Å². The van der Waals surface area contributed by atoms with E-state index in [1.807, 2.05) is 25.3 Å². The highest BCUT2D eigenvalue weighted by atomic mass is 15.3. The number of nitrogens with zero attached hydrogens (tertiary/aromatic N) is 3. The molecule has 2 aromatic rings. The van der Waals surface area contributed by atoms with Gasteiger partial charge in [-0.25, -0.2) is 4.52 Å². The van der Waals surface area contributed by atoms with Crippen LogP contribution in [0.1, 0.15) is 19.4 Å². The summed E-state index contributed by atoms with van der Waals surface area (Å²) in [6.07, 6.45) is 1.91. The van der Waals surface area contributed by atoms with Gasteiger partial charge in [0.2, 0.25) is 5.95 Å². The van der Waals surface area contributed by atoms with Gasteiger partial charge in [-0.15, -0.1) is 5.10 Å². The van der Waals surface area contributed by atoms with Crippen molar-refractivity contribution >= 4 is 11.6 Å². The molecule has 0 bridgehead atoms. The second-order valence-electron chi connectivity index (χ2n) is 4.67. The summed E-state index contributed by atoms with van der Waals surface area (Å²) >= 11 is 0. The molecule has 0 aliphatic carbocycles. The number of hydrogen-bond acceptors (Lipinski definition) is 4. The molecule has 17 heavy (non-hydrogen) atoms. The van der Waals surface area contributed by atoms with Crippen LogP contribution in [0.4, 0.5) is 5.95 Å². The maximum Gasteiger partial charge on any atom is 0.243 e. The van der Waals surface area contributed by atoms with Crippen LogP contribution in [-0.4, -0.2) is 27.2 Å². The van der Waals surface area contributed by atoms with Crippen LogP contribution in [0, 0.1) is 12.8 Å². The quantitative estimate of drug-likeness (QED) is 0.838. The Kier molecular flexibility index (Phi) is 3.28. The Morgan fingerprint density at radius 1 is 1.47 bits per heavy atom. The van der Waals surface area contributed by atoms with E-state index >= 15 is 0 Å². The van der Waals surface area contributed by atoms with Gasteiger partial charge < -0.3 is 11.1 Å². The van der Waals surface area contributed by atoms with Crippen LogP contribution >= 0.6 is 0 Å². The molecule has 0 saturated carbocycles. The molecular weight excluding hydrogens is 214 g/mol. The minimum atomic E-state index is 0.202. The second-order valence-corrected chi connectivity index (χ2v) is 4.67. The molecule has 3 N–H and O–H groups in total. The highest BCUT2D eigenvalue weighted by Gasteiger charge is 2.13. The van der Waals surface area contributed by atoms with Crippen LogP contribution in [0.25, 0.3) is 5.65 Å². The van der Waals surface area contributed by atoms with Crippen LogP contribution in [-0.2, 0) is 0 Å². The fourth-order valence-electron chi connectivity index (χ4n) is 1.71. The van der Waals surface area contributed by atoms with Gasteiger partial charge in [-0.05, 0) is 30.5 Å². The topological polar surface area (TPSA) is 68.2 Å². The van der Waals surface area contributed by atoms with Crippen molar-refractivity contribution in [2.45, 2.75) is 26.8 Å². The highest BCUT2D eigenvalue weighted by molar-refractivity contribution is 5.45. The Bertz CT molecular complexity index is 503. The zero-order chi connectivity index (χ0) is 12.4. The fraction of sp³-hybridized carbons (Fsp3) is 0.500. The summed E-state index contributed by atoms with van der Waals surface area (Å²) in [5.41, 5.74) is 7.75. The normalized spacial score (nSPS) is 13.2. The summed E-state index contributed by atoms with van der Waals surface area (Å²) in [6.45, 7) is 6.87. The number of pyridine rings is 1. The lowest BCUT2D eigenvalue weighted by atomic mass is 10.1. The Morgan fingerprint density at radius 3 is 2.88 bits per heavy atom. The van der Waals surface area contributed by atoms with Gasteiger partial charge in [-0.3, -0.25) is 0 Å². The molecule has 2 rings (SSSR count). The van der Waals surface area contributed by atoms with E-state index < -0.39 is 0 Å². The van der Waals surface area contributed by atoms with E-state index in [1.165, 1.54) is 5.56 Å². The van der Waals surface area contributed by atoms with E-state index in [2.05, 4.69) is 29.2 Å². The van der Waals surface area contributed by atoms with Crippen molar-refractivity contribution in [2.24, 2.45) is 11.7 Å². The summed E-state index contributed by atoms with van der Waals surface area (Å²) in [7, 11) is 0. The van der Waals surface area contributed by atoms with E-state index in [0.717, 1.165) is 5.65 Å². The first-order valence-corrected chi connectivity index (χ1v) is 5.90. The first kappa shape index (κ1) is 11.9. The van der Waals surface area contributed by atoms with Crippen molar-refractivity contribution in [3.8, 4) is 0 Å². The maximum atomic E-state index is 5.72. The van der Waals surface area contributed by atoms with Crippen molar-refractivity contribution in [1.29, 1.82) is 0 Å². The van der Waals surface area contributed by atoms with Gasteiger partial charge in [0.15, 0.2) is 5.65 Å². The molecule has 2 aromatic heterocycles. The molecule has 0 spiro atoms. The van der Waals surface area contributed by atoms with Crippen molar-refractivity contribution in [2.75, 3.05) is 11.9 Å².